The molecule has 5 nitrogen and oxygen atoms in total. The molecule has 2 aromatic rings. The van der Waals surface area contributed by atoms with Gasteiger partial charge in [0.1, 0.15) is 17.7 Å². The summed E-state index contributed by atoms with van der Waals surface area (Å²) in [5.41, 5.74) is 6.78. The van der Waals surface area contributed by atoms with Crippen LogP contribution in [0, 0.1) is 11.6 Å². The van der Waals surface area contributed by atoms with Gasteiger partial charge in [0, 0.05) is 18.7 Å². The molecule has 0 unspecified atom stereocenters. The molecule has 0 aliphatic carbocycles. The Kier molecular flexibility index (Phi) is 9.26. The third-order valence-corrected chi connectivity index (χ3v) is 5.98. The van der Waals surface area contributed by atoms with Crippen LogP contribution in [-0.4, -0.2) is 43.3 Å². The van der Waals surface area contributed by atoms with Crippen LogP contribution in [0.3, 0.4) is 0 Å². The van der Waals surface area contributed by atoms with E-state index in [1.807, 2.05) is 0 Å². The van der Waals surface area contributed by atoms with E-state index in [0.717, 1.165) is 51.9 Å². The molecule has 1 aliphatic heterocycles. The predicted octanol–water partition coefficient (Wildman–Crippen LogP) is 5.82. The number of unbranched alkanes of at least 4 members (excludes halogenated alkanes) is 3. The van der Waals surface area contributed by atoms with E-state index in [0.29, 0.717) is 16.8 Å². The van der Waals surface area contributed by atoms with E-state index >= 15 is 0 Å². The van der Waals surface area contributed by atoms with Crippen molar-refractivity contribution < 1.29 is 18.3 Å². The molecule has 1 fully saturated rings. The summed E-state index contributed by atoms with van der Waals surface area (Å²) in [6.07, 6.45) is 5.40. The number of hydrogen-bond donors (Lipinski definition) is 2. The first-order valence-electron chi connectivity index (χ1n) is 11.1. The molecule has 32 heavy (non-hydrogen) atoms. The van der Waals surface area contributed by atoms with Gasteiger partial charge >= 0.3 is 6.09 Å². The van der Waals surface area contributed by atoms with Crippen molar-refractivity contribution >= 4 is 23.4 Å². The largest absolute Gasteiger partial charge is 0.446 e. The number of benzene rings is 2. The van der Waals surface area contributed by atoms with E-state index in [2.05, 4.69) is 10.2 Å². The van der Waals surface area contributed by atoms with Crippen LogP contribution < -0.4 is 11.1 Å². The molecule has 1 aliphatic rings. The van der Waals surface area contributed by atoms with Crippen molar-refractivity contribution in [2.24, 2.45) is 5.73 Å². The molecule has 174 valence electrons. The minimum atomic E-state index is -0.591. The highest BCUT2D eigenvalue weighted by Crippen LogP contribution is 2.32. The molecule has 2 aromatic carbocycles. The van der Waals surface area contributed by atoms with Crippen LogP contribution in [0.5, 0.6) is 0 Å². The maximum atomic E-state index is 13.8. The third kappa shape index (κ3) is 7.15. The molecule has 0 aromatic heterocycles. The number of piperidine rings is 1. The van der Waals surface area contributed by atoms with Crippen LogP contribution in [0.2, 0.25) is 5.02 Å². The lowest BCUT2D eigenvalue weighted by atomic mass is 10.0. The number of carbonyl (C=O) groups excluding carboxylic acids is 1. The van der Waals surface area contributed by atoms with Crippen LogP contribution in [0.25, 0.3) is 11.1 Å². The number of nitrogens with one attached hydrogen (secondary N) is 1. The number of nitrogens with zero attached hydrogens (tertiary/aromatic N) is 1. The first-order valence-corrected chi connectivity index (χ1v) is 11.5. The van der Waals surface area contributed by atoms with Crippen molar-refractivity contribution in [3.8, 4) is 11.1 Å². The van der Waals surface area contributed by atoms with E-state index in [4.69, 9.17) is 22.1 Å². The van der Waals surface area contributed by atoms with Crippen molar-refractivity contribution in [3.05, 3.63) is 53.1 Å². The Bertz CT molecular complexity index is 905. The molecule has 0 bridgehead atoms. The second-order valence-electron chi connectivity index (χ2n) is 8.09. The Labute approximate surface area is 192 Å². The molecule has 0 spiro atoms. The highest BCUT2D eigenvalue weighted by Gasteiger charge is 2.22. The van der Waals surface area contributed by atoms with E-state index < -0.39 is 17.7 Å². The summed E-state index contributed by atoms with van der Waals surface area (Å²) >= 11 is 5.87. The van der Waals surface area contributed by atoms with Gasteiger partial charge in [0.05, 0.1) is 10.7 Å². The minimum Gasteiger partial charge on any atom is -0.446 e. The van der Waals surface area contributed by atoms with Crippen molar-refractivity contribution in [2.75, 3.05) is 31.5 Å². The van der Waals surface area contributed by atoms with Crippen LogP contribution in [0.1, 0.15) is 38.5 Å². The van der Waals surface area contributed by atoms with Crippen molar-refractivity contribution in [2.45, 2.75) is 44.6 Å². The molecule has 0 saturated carbocycles. The van der Waals surface area contributed by atoms with Gasteiger partial charge in [0.25, 0.3) is 0 Å². The second kappa shape index (κ2) is 12.1. The highest BCUT2D eigenvalue weighted by atomic mass is 35.5. The summed E-state index contributed by atoms with van der Waals surface area (Å²) in [6.45, 7) is 3.60. The van der Waals surface area contributed by atoms with Gasteiger partial charge in [0.2, 0.25) is 0 Å². The number of anilines is 1. The van der Waals surface area contributed by atoms with E-state index in [9.17, 15) is 13.6 Å². The van der Waals surface area contributed by atoms with Crippen LogP contribution in [-0.2, 0) is 4.74 Å². The maximum absolute atomic E-state index is 13.8. The maximum Gasteiger partial charge on any atom is 0.411 e. The van der Waals surface area contributed by atoms with Gasteiger partial charge < -0.3 is 15.4 Å². The van der Waals surface area contributed by atoms with Crippen LogP contribution in [0.15, 0.2) is 36.4 Å². The highest BCUT2D eigenvalue weighted by molar-refractivity contribution is 6.31. The number of likely N-dealkylation sites (tertiary alicyclic amines) is 1. The number of amides is 1. The van der Waals surface area contributed by atoms with Gasteiger partial charge in [-0.1, -0.05) is 30.5 Å². The number of nitrogens with two attached hydrogens (primary N) is 1. The Morgan fingerprint density at radius 3 is 2.56 bits per heavy atom. The summed E-state index contributed by atoms with van der Waals surface area (Å²) in [4.78, 5) is 14.9. The van der Waals surface area contributed by atoms with Gasteiger partial charge in [-0.15, -0.1) is 0 Å². The molecular weight excluding hydrogens is 436 g/mol. The van der Waals surface area contributed by atoms with Gasteiger partial charge in [-0.25, -0.2) is 13.6 Å². The van der Waals surface area contributed by atoms with Crippen LogP contribution >= 0.6 is 11.6 Å². The number of rotatable bonds is 9. The number of ether oxygens (including phenoxy) is 1. The lowest BCUT2D eigenvalue weighted by Crippen LogP contribution is -2.38. The number of halogens is 3. The van der Waals surface area contributed by atoms with E-state index in [1.165, 1.54) is 49.2 Å². The van der Waals surface area contributed by atoms with Crippen molar-refractivity contribution in [3.63, 3.8) is 0 Å². The molecule has 1 heterocycles. The average Bonchev–Trinajstić information content (AvgIpc) is 2.78. The smallest absolute Gasteiger partial charge is 0.411 e. The zero-order valence-corrected chi connectivity index (χ0v) is 18.8. The fourth-order valence-electron chi connectivity index (χ4n) is 3.90. The molecule has 3 N–H and O–H groups in total. The fraction of sp³-hybridized carbons (Fsp3) is 0.458. The first-order chi connectivity index (χ1) is 15.5. The Morgan fingerprint density at radius 1 is 1.09 bits per heavy atom. The van der Waals surface area contributed by atoms with Gasteiger partial charge in [0.15, 0.2) is 0 Å². The Balaban J connectivity index is 1.52. The third-order valence-electron chi connectivity index (χ3n) is 5.69. The summed E-state index contributed by atoms with van der Waals surface area (Å²) < 4.78 is 32.9. The standard InChI is InChI=1S/C24H30ClF2N3O2/c25-21-15-17(5-7-22(21)27)20-16-18(26)6-8-23(20)29-24(31)32-19-9-13-30(14-10-19)12-4-2-1-3-11-28/h5-8,15-16,19H,1-4,9-14,28H2,(H,29,31). The van der Waals surface area contributed by atoms with Gasteiger partial charge in [-0.05, 0) is 74.7 Å². The monoisotopic (exact) mass is 465 g/mol. The first kappa shape index (κ1) is 24.4. The summed E-state index contributed by atoms with van der Waals surface area (Å²) in [5.74, 6) is -1.04. The normalized spacial score (nSPS) is 15.0. The van der Waals surface area contributed by atoms with Gasteiger partial charge in [-0.2, -0.15) is 0 Å². The zero-order valence-electron chi connectivity index (χ0n) is 18.1. The molecule has 1 saturated heterocycles. The van der Waals surface area contributed by atoms with Crippen molar-refractivity contribution in [1.82, 2.24) is 4.90 Å². The Morgan fingerprint density at radius 2 is 1.84 bits per heavy atom. The average molecular weight is 466 g/mol. The summed E-state index contributed by atoms with van der Waals surface area (Å²) in [6, 6.07) is 8.06. The SMILES string of the molecule is NCCCCCCN1CCC(OC(=O)Nc2ccc(F)cc2-c2ccc(F)c(Cl)c2)CC1. The minimum absolute atomic E-state index is 0.0774. The fourth-order valence-corrected chi connectivity index (χ4v) is 4.08. The van der Waals surface area contributed by atoms with Crippen LogP contribution in [0.4, 0.5) is 19.3 Å². The molecule has 0 radical (unpaired) electrons. The number of hydrogen-bond acceptors (Lipinski definition) is 4. The summed E-state index contributed by atoms with van der Waals surface area (Å²) in [7, 11) is 0. The van der Waals surface area contributed by atoms with Crippen molar-refractivity contribution in [1.29, 1.82) is 0 Å². The van der Waals surface area contributed by atoms with E-state index in [1.54, 1.807) is 0 Å². The summed E-state index contributed by atoms with van der Waals surface area (Å²) in [5, 5.41) is 2.62. The van der Waals surface area contributed by atoms with E-state index in [-0.39, 0.29) is 11.1 Å². The predicted molar refractivity (Wildman–Crippen MR) is 124 cm³/mol. The zero-order chi connectivity index (χ0) is 22.9. The molecular formula is C24H30ClF2N3O2. The lowest BCUT2D eigenvalue weighted by molar-refractivity contribution is 0.0585. The quantitative estimate of drug-likeness (QED) is 0.458. The molecule has 1 amide bonds. The molecule has 8 heteroatoms. The number of carbonyl (C=O) groups is 1. The second-order valence-corrected chi connectivity index (χ2v) is 8.50. The molecule has 3 rings (SSSR count). The topological polar surface area (TPSA) is 67.6 Å². The van der Waals surface area contributed by atoms with Gasteiger partial charge in [-0.3, -0.25) is 5.32 Å². The lowest BCUT2D eigenvalue weighted by Gasteiger charge is -2.31. The Hall–Kier alpha value is -2.22. The molecule has 0 atom stereocenters.